The van der Waals surface area contributed by atoms with Crippen LogP contribution in [0.3, 0.4) is 0 Å². The number of hydrogen-bond donors (Lipinski definition) is 1. The number of benzene rings is 1. The van der Waals surface area contributed by atoms with Gasteiger partial charge in [-0.3, -0.25) is 4.79 Å². The summed E-state index contributed by atoms with van der Waals surface area (Å²) in [5, 5.41) is 3.57. The van der Waals surface area contributed by atoms with E-state index in [9.17, 15) is 4.79 Å². The molecule has 1 aromatic heterocycles. The molecular weight excluding hydrogens is 336 g/mol. The van der Waals surface area contributed by atoms with Gasteiger partial charge in [0.25, 0.3) is 0 Å². The number of pyridine rings is 1. The Hall–Kier alpha value is -1.33. The van der Waals surface area contributed by atoms with Crippen molar-refractivity contribution in [1.29, 1.82) is 0 Å². The molecule has 0 unspecified atom stereocenters. The third kappa shape index (κ3) is 4.08. The molecular formula is C15H15BrN2OS. The minimum atomic E-state index is -0.200. The summed E-state index contributed by atoms with van der Waals surface area (Å²) >= 11 is 4.89. The van der Waals surface area contributed by atoms with Crippen LogP contribution in [0.25, 0.3) is 0 Å². The van der Waals surface area contributed by atoms with Crippen LogP contribution in [0.4, 0.5) is 5.69 Å². The minimum absolute atomic E-state index is 0.0256. The highest BCUT2D eigenvalue weighted by Gasteiger charge is 2.15. The monoisotopic (exact) mass is 350 g/mol. The molecule has 1 aromatic carbocycles. The summed E-state index contributed by atoms with van der Waals surface area (Å²) in [5.74, 6) is -0.0256. The second-order valence-corrected chi connectivity index (χ2v) is 6.60. The molecule has 0 aliphatic heterocycles. The first-order valence-electron chi connectivity index (χ1n) is 6.21. The summed E-state index contributed by atoms with van der Waals surface area (Å²) in [6.45, 7) is 3.87. The maximum atomic E-state index is 12.1. The molecule has 20 heavy (non-hydrogen) atoms. The zero-order valence-electron chi connectivity index (χ0n) is 11.3. The van der Waals surface area contributed by atoms with E-state index in [0.717, 1.165) is 20.7 Å². The van der Waals surface area contributed by atoms with Gasteiger partial charge in [-0.25, -0.2) is 4.98 Å². The summed E-state index contributed by atoms with van der Waals surface area (Å²) in [6, 6.07) is 11.4. The van der Waals surface area contributed by atoms with E-state index in [-0.39, 0.29) is 11.2 Å². The number of aryl methyl sites for hydroxylation is 1. The van der Waals surface area contributed by atoms with E-state index in [1.54, 1.807) is 6.20 Å². The Kier molecular flexibility index (Phi) is 5.20. The summed E-state index contributed by atoms with van der Waals surface area (Å²) in [7, 11) is 0. The molecule has 2 aromatic rings. The highest BCUT2D eigenvalue weighted by molar-refractivity contribution is 9.10. The Balaban J connectivity index is 1.99. The van der Waals surface area contributed by atoms with E-state index >= 15 is 0 Å². The van der Waals surface area contributed by atoms with Gasteiger partial charge < -0.3 is 5.32 Å². The molecule has 1 atom stereocenters. The average Bonchev–Trinajstić information content (AvgIpc) is 2.44. The van der Waals surface area contributed by atoms with Crippen LogP contribution in [0.2, 0.25) is 0 Å². The average molecular weight is 351 g/mol. The molecule has 0 aliphatic carbocycles. The number of anilines is 1. The number of nitrogens with one attached hydrogen (secondary N) is 1. The van der Waals surface area contributed by atoms with E-state index in [4.69, 9.17) is 0 Å². The van der Waals surface area contributed by atoms with Gasteiger partial charge in [-0.2, -0.15) is 0 Å². The van der Waals surface area contributed by atoms with Crippen LogP contribution >= 0.6 is 27.7 Å². The van der Waals surface area contributed by atoms with Crippen molar-refractivity contribution >= 4 is 39.3 Å². The van der Waals surface area contributed by atoms with Crippen molar-refractivity contribution in [2.24, 2.45) is 0 Å². The fraction of sp³-hybridized carbons (Fsp3) is 0.200. The van der Waals surface area contributed by atoms with Crippen LogP contribution in [0.5, 0.6) is 0 Å². The maximum absolute atomic E-state index is 12.1. The Morgan fingerprint density at radius 1 is 1.35 bits per heavy atom. The first kappa shape index (κ1) is 15.1. The SMILES string of the molecule is Cc1cc(NC(=O)[C@@H](C)Sc2ccccn2)ccc1Br. The highest BCUT2D eigenvalue weighted by Crippen LogP contribution is 2.23. The molecule has 1 amide bonds. The van der Waals surface area contributed by atoms with Crippen molar-refractivity contribution < 1.29 is 4.79 Å². The predicted molar refractivity (Wildman–Crippen MR) is 87.1 cm³/mol. The largest absolute Gasteiger partial charge is 0.325 e. The van der Waals surface area contributed by atoms with Crippen LogP contribution in [0.1, 0.15) is 12.5 Å². The lowest BCUT2D eigenvalue weighted by Crippen LogP contribution is -2.22. The molecule has 0 bridgehead atoms. The minimum Gasteiger partial charge on any atom is -0.325 e. The van der Waals surface area contributed by atoms with E-state index in [1.807, 2.05) is 50.2 Å². The summed E-state index contributed by atoms with van der Waals surface area (Å²) < 4.78 is 1.03. The van der Waals surface area contributed by atoms with Gasteiger partial charge in [-0.1, -0.05) is 33.8 Å². The lowest BCUT2D eigenvalue weighted by molar-refractivity contribution is -0.115. The second-order valence-electron chi connectivity index (χ2n) is 4.38. The zero-order chi connectivity index (χ0) is 14.5. The number of rotatable bonds is 4. The molecule has 1 heterocycles. The predicted octanol–water partition coefficient (Wildman–Crippen LogP) is 4.27. The number of carbonyl (C=O) groups is 1. The zero-order valence-corrected chi connectivity index (χ0v) is 13.7. The van der Waals surface area contributed by atoms with E-state index in [1.165, 1.54) is 11.8 Å². The van der Waals surface area contributed by atoms with Crippen molar-refractivity contribution in [3.63, 3.8) is 0 Å². The third-order valence-corrected chi connectivity index (χ3v) is 4.67. The summed E-state index contributed by atoms with van der Waals surface area (Å²) in [6.07, 6.45) is 1.73. The lowest BCUT2D eigenvalue weighted by atomic mass is 10.2. The van der Waals surface area contributed by atoms with Crippen molar-refractivity contribution in [3.05, 3.63) is 52.6 Å². The van der Waals surface area contributed by atoms with Gasteiger partial charge in [0.1, 0.15) is 0 Å². The fourth-order valence-electron chi connectivity index (χ4n) is 1.62. The molecule has 0 saturated heterocycles. The van der Waals surface area contributed by atoms with Crippen LogP contribution in [0, 0.1) is 6.92 Å². The van der Waals surface area contributed by atoms with Gasteiger partial charge in [-0.05, 0) is 49.7 Å². The molecule has 0 fully saturated rings. The normalized spacial score (nSPS) is 11.9. The first-order chi connectivity index (χ1) is 9.56. The molecule has 0 saturated carbocycles. The van der Waals surface area contributed by atoms with Gasteiger partial charge in [0.15, 0.2) is 0 Å². The first-order valence-corrected chi connectivity index (χ1v) is 7.88. The molecule has 0 radical (unpaired) electrons. The Morgan fingerprint density at radius 3 is 2.80 bits per heavy atom. The molecule has 0 aliphatic rings. The quantitative estimate of drug-likeness (QED) is 0.837. The summed E-state index contributed by atoms with van der Waals surface area (Å²) in [5.41, 5.74) is 1.90. The van der Waals surface area contributed by atoms with Crippen LogP contribution in [-0.4, -0.2) is 16.1 Å². The number of amides is 1. The van der Waals surface area contributed by atoms with Gasteiger partial charge in [-0.15, -0.1) is 0 Å². The van der Waals surface area contributed by atoms with Gasteiger partial charge in [0.05, 0.1) is 10.3 Å². The lowest BCUT2D eigenvalue weighted by Gasteiger charge is -2.12. The Labute approximate surface area is 131 Å². The number of carbonyl (C=O) groups excluding carboxylic acids is 1. The molecule has 5 heteroatoms. The highest BCUT2D eigenvalue weighted by atomic mass is 79.9. The van der Waals surface area contributed by atoms with Crippen LogP contribution in [-0.2, 0) is 4.79 Å². The van der Waals surface area contributed by atoms with E-state index < -0.39 is 0 Å². The van der Waals surface area contributed by atoms with Gasteiger partial charge in [0.2, 0.25) is 5.91 Å². The Morgan fingerprint density at radius 2 is 2.15 bits per heavy atom. The van der Waals surface area contributed by atoms with Gasteiger partial charge in [0, 0.05) is 16.4 Å². The number of thioether (sulfide) groups is 1. The van der Waals surface area contributed by atoms with Crippen molar-refractivity contribution in [2.75, 3.05) is 5.32 Å². The number of aromatic nitrogens is 1. The smallest absolute Gasteiger partial charge is 0.237 e. The van der Waals surface area contributed by atoms with Crippen molar-refractivity contribution in [3.8, 4) is 0 Å². The van der Waals surface area contributed by atoms with E-state index in [0.29, 0.717) is 0 Å². The number of halogens is 1. The van der Waals surface area contributed by atoms with E-state index in [2.05, 4.69) is 26.2 Å². The topological polar surface area (TPSA) is 42.0 Å². The van der Waals surface area contributed by atoms with Crippen molar-refractivity contribution in [2.45, 2.75) is 24.1 Å². The maximum Gasteiger partial charge on any atom is 0.237 e. The van der Waals surface area contributed by atoms with Gasteiger partial charge >= 0.3 is 0 Å². The second kappa shape index (κ2) is 6.90. The molecule has 1 N–H and O–H groups in total. The molecule has 2 rings (SSSR count). The summed E-state index contributed by atoms with van der Waals surface area (Å²) in [4.78, 5) is 16.4. The number of hydrogen-bond acceptors (Lipinski definition) is 3. The molecule has 0 spiro atoms. The fourth-order valence-corrected chi connectivity index (χ4v) is 2.67. The van der Waals surface area contributed by atoms with Crippen molar-refractivity contribution in [1.82, 2.24) is 4.98 Å². The number of nitrogens with zero attached hydrogens (tertiary/aromatic N) is 1. The molecule has 3 nitrogen and oxygen atoms in total. The standard InChI is InChI=1S/C15H15BrN2OS/c1-10-9-12(6-7-13(10)16)18-15(19)11(2)20-14-5-3-4-8-17-14/h3-9,11H,1-2H3,(H,18,19)/t11-/m1/s1. The Bertz CT molecular complexity index is 604. The third-order valence-electron chi connectivity index (χ3n) is 2.73. The van der Waals surface area contributed by atoms with Crippen LogP contribution in [0.15, 0.2) is 52.1 Å². The molecule has 104 valence electrons. The van der Waals surface area contributed by atoms with Crippen LogP contribution < -0.4 is 5.32 Å².